The fraction of sp³-hybridized carbons (Fsp3) is 0. The zero-order chi connectivity index (χ0) is 16.2. The van der Waals surface area contributed by atoms with E-state index in [1.165, 1.54) is 0 Å². The molecule has 0 bridgehead atoms. The van der Waals surface area contributed by atoms with E-state index in [1.54, 1.807) is 30.3 Å². The number of nitrogens with two attached hydrogens (primary N) is 1. The number of carbonyl (C=O) groups excluding carboxylic acids is 2. The number of hydrogen-bond acceptors (Lipinski definition) is 3. The molecular formula is C18H15N3O2. The lowest BCUT2D eigenvalue weighted by atomic mass is 10.0. The van der Waals surface area contributed by atoms with Crippen LogP contribution < -0.4 is 16.6 Å². The van der Waals surface area contributed by atoms with E-state index in [2.05, 4.69) is 10.7 Å². The highest BCUT2D eigenvalue weighted by Crippen LogP contribution is 2.20. The van der Waals surface area contributed by atoms with E-state index in [4.69, 9.17) is 5.84 Å². The summed E-state index contributed by atoms with van der Waals surface area (Å²) in [5, 5.41) is 4.74. The van der Waals surface area contributed by atoms with Gasteiger partial charge in [-0.2, -0.15) is 0 Å². The Balaban J connectivity index is 1.85. The van der Waals surface area contributed by atoms with E-state index < -0.39 is 0 Å². The van der Waals surface area contributed by atoms with Crippen LogP contribution in [0.2, 0.25) is 0 Å². The Kier molecular flexibility index (Phi) is 4.03. The van der Waals surface area contributed by atoms with Crippen molar-refractivity contribution in [1.82, 2.24) is 5.43 Å². The molecule has 0 aliphatic heterocycles. The Morgan fingerprint density at radius 3 is 2.22 bits per heavy atom. The molecule has 4 N–H and O–H groups in total. The van der Waals surface area contributed by atoms with E-state index in [-0.39, 0.29) is 11.8 Å². The molecule has 2 amide bonds. The maximum atomic E-state index is 12.5. The molecule has 0 aromatic heterocycles. The highest BCUT2D eigenvalue weighted by Gasteiger charge is 2.10. The molecule has 0 saturated carbocycles. The number of nitrogens with one attached hydrogen (secondary N) is 2. The molecule has 3 aromatic rings. The number of anilines is 1. The van der Waals surface area contributed by atoms with Crippen molar-refractivity contribution in [1.29, 1.82) is 0 Å². The topological polar surface area (TPSA) is 84.2 Å². The molecule has 23 heavy (non-hydrogen) atoms. The molecule has 114 valence electrons. The average Bonchev–Trinajstić information content (AvgIpc) is 2.61. The van der Waals surface area contributed by atoms with Crippen molar-refractivity contribution in [3.8, 4) is 0 Å². The maximum Gasteiger partial charge on any atom is 0.265 e. The maximum absolute atomic E-state index is 12.5. The van der Waals surface area contributed by atoms with Gasteiger partial charge in [-0.1, -0.05) is 36.4 Å². The smallest absolute Gasteiger partial charge is 0.265 e. The van der Waals surface area contributed by atoms with Crippen molar-refractivity contribution >= 4 is 28.3 Å². The van der Waals surface area contributed by atoms with Gasteiger partial charge in [0.05, 0.1) is 0 Å². The van der Waals surface area contributed by atoms with Crippen LogP contribution >= 0.6 is 0 Å². The lowest BCUT2D eigenvalue weighted by molar-refractivity contribution is 0.0953. The van der Waals surface area contributed by atoms with Crippen molar-refractivity contribution in [3.63, 3.8) is 0 Å². The van der Waals surface area contributed by atoms with Gasteiger partial charge >= 0.3 is 0 Å². The SMILES string of the molecule is NNC(=O)c1ccc(NC(=O)c2cccc3ccccc23)cc1. The molecule has 0 spiro atoms. The summed E-state index contributed by atoms with van der Waals surface area (Å²) in [6, 6.07) is 19.8. The van der Waals surface area contributed by atoms with Crippen molar-refractivity contribution in [2.24, 2.45) is 5.84 Å². The van der Waals surface area contributed by atoms with E-state index in [9.17, 15) is 9.59 Å². The van der Waals surface area contributed by atoms with Gasteiger partial charge in [-0.3, -0.25) is 15.0 Å². The monoisotopic (exact) mass is 305 g/mol. The van der Waals surface area contributed by atoms with Gasteiger partial charge in [0.15, 0.2) is 0 Å². The fourth-order valence-corrected chi connectivity index (χ4v) is 2.41. The Hall–Kier alpha value is -3.18. The summed E-state index contributed by atoms with van der Waals surface area (Å²) in [6.45, 7) is 0. The van der Waals surface area contributed by atoms with E-state index in [0.717, 1.165) is 10.8 Å². The zero-order valence-electron chi connectivity index (χ0n) is 12.2. The van der Waals surface area contributed by atoms with Crippen molar-refractivity contribution in [3.05, 3.63) is 77.9 Å². The number of rotatable bonds is 3. The summed E-state index contributed by atoms with van der Waals surface area (Å²) in [4.78, 5) is 23.9. The van der Waals surface area contributed by atoms with Crippen LogP contribution in [0.4, 0.5) is 5.69 Å². The minimum Gasteiger partial charge on any atom is -0.322 e. The average molecular weight is 305 g/mol. The second-order valence-corrected chi connectivity index (χ2v) is 5.03. The van der Waals surface area contributed by atoms with Crippen LogP contribution in [0.25, 0.3) is 10.8 Å². The van der Waals surface area contributed by atoms with Crippen LogP contribution in [0.5, 0.6) is 0 Å². The second kappa shape index (κ2) is 6.29. The third-order valence-corrected chi connectivity index (χ3v) is 3.57. The number of amides is 2. The molecule has 0 heterocycles. The number of carbonyl (C=O) groups is 2. The Bertz CT molecular complexity index is 868. The van der Waals surface area contributed by atoms with Gasteiger partial charge in [0.25, 0.3) is 11.8 Å². The normalized spacial score (nSPS) is 10.3. The van der Waals surface area contributed by atoms with E-state index in [1.807, 2.05) is 36.4 Å². The van der Waals surface area contributed by atoms with E-state index >= 15 is 0 Å². The zero-order valence-corrected chi connectivity index (χ0v) is 12.2. The molecule has 0 radical (unpaired) electrons. The van der Waals surface area contributed by atoms with Crippen molar-refractivity contribution in [2.75, 3.05) is 5.32 Å². The molecule has 0 aliphatic carbocycles. The van der Waals surface area contributed by atoms with Gasteiger partial charge in [0.1, 0.15) is 0 Å². The fourth-order valence-electron chi connectivity index (χ4n) is 2.41. The summed E-state index contributed by atoms with van der Waals surface area (Å²) in [7, 11) is 0. The van der Waals surface area contributed by atoms with Crippen LogP contribution in [-0.4, -0.2) is 11.8 Å². The summed E-state index contributed by atoms with van der Waals surface area (Å²) in [5.41, 5.74) is 3.70. The lowest BCUT2D eigenvalue weighted by Crippen LogP contribution is -2.29. The molecule has 5 nitrogen and oxygen atoms in total. The molecule has 3 rings (SSSR count). The lowest BCUT2D eigenvalue weighted by Gasteiger charge is -2.08. The quantitative estimate of drug-likeness (QED) is 0.395. The Morgan fingerprint density at radius 2 is 1.48 bits per heavy atom. The molecule has 3 aromatic carbocycles. The number of nitrogen functional groups attached to an aromatic ring is 1. The summed E-state index contributed by atoms with van der Waals surface area (Å²) < 4.78 is 0. The first-order valence-electron chi connectivity index (χ1n) is 7.09. The summed E-state index contributed by atoms with van der Waals surface area (Å²) >= 11 is 0. The highest BCUT2D eigenvalue weighted by atomic mass is 16.2. The van der Waals surface area contributed by atoms with Crippen LogP contribution in [0.1, 0.15) is 20.7 Å². The molecule has 0 saturated heterocycles. The predicted molar refractivity (Wildman–Crippen MR) is 90.0 cm³/mol. The Morgan fingerprint density at radius 1 is 0.783 bits per heavy atom. The van der Waals surface area contributed by atoms with Gasteiger partial charge in [0, 0.05) is 16.8 Å². The minimum atomic E-state index is -0.378. The summed E-state index contributed by atoms with van der Waals surface area (Å²) in [5.74, 6) is 4.51. The number of hydrogen-bond donors (Lipinski definition) is 3. The Labute approximate surface area is 133 Å². The second-order valence-electron chi connectivity index (χ2n) is 5.03. The van der Waals surface area contributed by atoms with Crippen LogP contribution in [0.3, 0.4) is 0 Å². The first-order valence-corrected chi connectivity index (χ1v) is 7.09. The standard InChI is InChI=1S/C18H15N3O2/c19-21-17(22)13-8-10-14(11-9-13)20-18(23)16-7-3-5-12-4-1-2-6-15(12)16/h1-11H,19H2,(H,20,23)(H,21,22). The largest absolute Gasteiger partial charge is 0.322 e. The molecule has 0 unspecified atom stereocenters. The summed E-state index contributed by atoms with van der Waals surface area (Å²) in [6.07, 6.45) is 0. The van der Waals surface area contributed by atoms with Gasteiger partial charge in [-0.15, -0.1) is 0 Å². The molecule has 5 heteroatoms. The van der Waals surface area contributed by atoms with Gasteiger partial charge in [-0.25, -0.2) is 5.84 Å². The molecule has 0 atom stereocenters. The molecule has 0 fully saturated rings. The third kappa shape index (κ3) is 3.04. The molecule has 0 aliphatic rings. The predicted octanol–water partition coefficient (Wildman–Crippen LogP) is 2.70. The molecular weight excluding hydrogens is 290 g/mol. The minimum absolute atomic E-state index is 0.196. The van der Waals surface area contributed by atoms with Gasteiger partial charge in [-0.05, 0) is 41.1 Å². The first kappa shape index (κ1) is 14.7. The van der Waals surface area contributed by atoms with Crippen molar-refractivity contribution < 1.29 is 9.59 Å². The van der Waals surface area contributed by atoms with Crippen molar-refractivity contribution in [2.45, 2.75) is 0 Å². The van der Waals surface area contributed by atoms with Crippen LogP contribution in [0, 0.1) is 0 Å². The van der Waals surface area contributed by atoms with Crippen LogP contribution in [0.15, 0.2) is 66.7 Å². The number of fused-ring (bicyclic) bond motifs is 1. The van der Waals surface area contributed by atoms with Gasteiger partial charge in [0.2, 0.25) is 0 Å². The number of hydrazine groups is 1. The van der Waals surface area contributed by atoms with Crippen LogP contribution in [-0.2, 0) is 0 Å². The number of benzene rings is 3. The highest BCUT2D eigenvalue weighted by molar-refractivity contribution is 6.13. The first-order chi connectivity index (χ1) is 11.2. The van der Waals surface area contributed by atoms with E-state index in [0.29, 0.717) is 16.8 Å². The van der Waals surface area contributed by atoms with Gasteiger partial charge < -0.3 is 5.32 Å². The third-order valence-electron chi connectivity index (χ3n) is 3.57.